The Morgan fingerprint density at radius 2 is 2.13 bits per heavy atom. The average molecular weight is 326 g/mol. The Balaban J connectivity index is 1.66. The van der Waals surface area contributed by atoms with Crippen molar-refractivity contribution in [2.45, 2.75) is 6.61 Å². The van der Waals surface area contributed by atoms with Gasteiger partial charge in [-0.05, 0) is 24.3 Å². The van der Waals surface area contributed by atoms with Crippen molar-refractivity contribution in [3.63, 3.8) is 0 Å². The Bertz CT molecular complexity index is 802. The van der Waals surface area contributed by atoms with Gasteiger partial charge in [0.2, 0.25) is 0 Å². The second-order valence-electron chi connectivity index (χ2n) is 4.67. The van der Waals surface area contributed by atoms with Gasteiger partial charge in [-0.2, -0.15) is 0 Å². The van der Waals surface area contributed by atoms with Crippen molar-refractivity contribution in [1.29, 1.82) is 0 Å². The molecular weight excluding hydrogens is 312 g/mol. The first-order chi connectivity index (χ1) is 11.3. The lowest BCUT2D eigenvalue weighted by Gasteiger charge is -2.02. The smallest absolute Gasteiger partial charge is 0.357 e. The molecule has 5 nitrogen and oxygen atoms in total. The van der Waals surface area contributed by atoms with Crippen LogP contribution in [-0.2, 0) is 11.3 Å². The second-order valence-corrected chi connectivity index (χ2v) is 5.53. The summed E-state index contributed by atoms with van der Waals surface area (Å²) in [5.74, 6) is 0.322. The molecule has 3 rings (SSSR count). The van der Waals surface area contributed by atoms with Gasteiger partial charge in [-0.1, -0.05) is 18.2 Å². The minimum atomic E-state index is -0.457. The highest BCUT2D eigenvalue weighted by Gasteiger charge is 2.10. The number of carbonyl (C=O) groups excluding carboxylic acids is 1. The van der Waals surface area contributed by atoms with Crippen LogP contribution < -0.4 is 4.74 Å². The summed E-state index contributed by atoms with van der Waals surface area (Å²) in [5.41, 5.74) is 1.96. The number of ether oxygens (including phenoxy) is 2. The van der Waals surface area contributed by atoms with Crippen molar-refractivity contribution >= 4 is 17.3 Å². The average Bonchev–Trinajstić information content (AvgIpc) is 3.09. The molecule has 1 aromatic carbocycles. The first kappa shape index (κ1) is 15.2. The molecule has 6 heteroatoms. The molecule has 0 atom stereocenters. The van der Waals surface area contributed by atoms with Crippen molar-refractivity contribution in [3.8, 4) is 16.3 Å². The van der Waals surface area contributed by atoms with Gasteiger partial charge in [-0.15, -0.1) is 11.3 Å². The van der Waals surface area contributed by atoms with Gasteiger partial charge in [0.05, 0.1) is 12.8 Å². The van der Waals surface area contributed by atoms with Gasteiger partial charge < -0.3 is 9.47 Å². The largest absolute Gasteiger partial charge is 0.497 e. The molecule has 0 amide bonds. The number of nitrogens with zero attached hydrogens (tertiary/aromatic N) is 2. The summed E-state index contributed by atoms with van der Waals surface area (Å²) >= 11 is 1.50. The predicted molar refractivity (Wildman–Crippen MR) is 87.5 cm³/mol. The Morgan fingerprint density at radius 3 is 2.91 bits per heavy atom. The third-order valence-electron chi connectivity index (χ3n) is 3.09. The summed E-state index contributed by atoms with van der Waals surface area (Å²) < 4.78 is 10.4. The lowest BCUT2D eigenvalue weighted by atomic mass is 10.2. The number of pyridine rings is 1. The summed E-state index contributed by atoms with van der Waals surface area (Å²) in [5, 5.41) is 2.73. The molecule has 0 saturated heterocycles. The van der Waals surface area contributed by atoms with Crippen LogP contribution in [0.25, 0.3) is 10.6 Å². The van der Waals surface area contributed by atoms with Crippen molar-refractivity contribution in [2.24, 2.45) is 0 Å². The standard InChI is InChI=1S/C17H14N2O3S/c1-21-14-6-4-5-12(9-14)16-19-13(11-23-16)10-22-17(20)15-7-2-3-8-18-15/h2-9,11H,10H2,1H3. The van der Waals surface area contributed by atoms with Crippen LogP contribution in [0.1, 0.15) is 16.2 Å². The van der Waals surface area contributed by atoms with Crippen molar-refractivity contribution < 1.29 is 14.3 Å². The van der Waals surface area contributed by atoms with Gasteiger partial charge in [0.15, 0.2) is 0 Å². The Morgan fingerprint density at radius 1 is 1.22 bits per heavy atom. The molecule has 2 aromatic heterocycles. The van der Waals surface area contributed by atoms with Crippen LogP contribution in [0.3, 0.4) is 0 Å². The number of aromatic nitrogens is 2. The van der Waals surface area contributed by atoms with Gasteiger partial charge in [0, 0.05) is 17.1 Å². The number of hydrogen-bond donors (Lipinski definition) is 0. The molecule has 0 radical (unpaired) electrons. The number of hydrogen-bond acceptors (Lipinski definition) is 6. The molecule has 0 aliphatic heterocycles. The van der Waals surface area contributed by atoms with Gasteiger partial charge in [-0.3, -0.25) is 0 Å². The summed E-state index contributed by atoms with van der Waals surface area (Å²) in [6.45, 7) is 0.121. The molecule has 0 fully saturated rings. The van der Waals surface area contributed by atoms with E-state index in [2.05, 4.69) is 9.97 Å². The van der Waals surface area contributed by atoms with E-state index in [0.717, 1.165) is 16.3 Å². The fraction of sp³-hybridized carbons (Fsp3) is 0.118. The number of carbonyl (C=O) groups is 1. The fourth-order valence-corrected chi connectivity index (χ4v) is 2.76. The normalized spacial score (nSPS) is 10.3. The third-order valence-corrected chi connectivity index (χ3v) is 4.03. The molecular formula is C17H14N2O3S. The van der Waals surface area contributed by atoms with Gasteiger partial charge in [-0.25, -0.2) is 14.8 Å². The summed E-state index contributed by atoms with van der Waals surface area (Å²) in [6, 6.07) is 12.8. The predicted octanol–water partition coefficient (Wildman–Crippen LogP) is 3.57. The highest BCUT2D eigenvalue weighted by molar-refractivity contribution is 7.13. The maximum Gasteiger partial charge on any atom is 0.357 e. The number of esters is 1. The second kappa shape index (κ2) is 7.02. The van der Waals surface area contributed by atoms with Gasteiger partial charge >= 0.3 is 5.97 Å². The van der Waals surface area contributed by atoms with Crippen LogP contribution in [0.2, 0.25) is 0 Å². The number of methoxy groups -OCH3 is 1. The van der Waals surface area contributed by atoms with Gasteiger partial charge in [0.25, 0.3) is 0 Å². The fourth-order valence-electron chi connectivity index (χ4n) is 1.96. The van der Waals surface area contributed by atoms with E-state index in [4.69, 9.17) is 9.47 Å². The van der Waals surface area contributed by atoms with Crippen LogP contribution >= 0.6 is 11.3 Å². The van der Waals surface area contributed by atoms with E-state index in [1.54, 1.807) is 31.5 Å². The van der Waals surface area contributed by atoms with Gasteiger partial charge in [0.1, 0.15) is 23.1 Å². The van der Waals surface area contributed by atoms with E-state index >= 15 is 0 Å². The molecule has 0 aliphatic carbocycles. The molecule has 0 spiro atoms. The van der Waals surface area contributed by atoms with E-state index in [1.165, 1.54) is 11.3 Å². The molecule has 0 unspecified atom stereocenters. The van der Waals surface area contributed by atoms with E-state index in [1.807, 2.05) is 29.6 Å². The third kappa shape index (κ3) is 3.73. The lowest BCUT2D eigenvalue weighted by Crippen LogP contribution is -2.07. The summed E-state index contributed by atoms with van der Waals surface area (Å²) in [7, 11) is 1.63. The molecule has 2 heterocycles. The van der Waals surface area contributed by atoms with Crippen molar-refractivity contribution in [2.75, 3.05) is 7.11 Å². The zero-order chi connectivity index (χ0) is 16.1. The Kier molecular flexibility index (Phi) is 4.63. The number of rotatable bonds is 5. The van der Waals surface area contributed by atoms with Crippen LogP contribution in [0.5, 0.6) is 5.75 Å². The minimum absolute atomic E-state index is 0.121. The first-order valence-electron chi connectivity index (χ1n) is 6.93. The minimum Gasteiger partial charge on any atom is -0.497 e. The van der Waals surface area contributed by atoms with Crippen LogP contribution in [0.4, 0.5) is 0 Å². The molecule has 116 valence electrons. The van der Waals surface area contributed by atoms with E-state index in [9.17, 15) is 4.79 Å². The number of benzene rings is 1. The van der Waals surface area contributed by atoms with Crippen molar-refractivity contribution in [1.82, 2.24) is 9.97 Å². The molecule has 23 heavy (non-hydrogen) atoms. The summed E-state index contributed by atoms with van der Waals surface area (Å²) in [6.07, 6.45) is 1.56. The maximum atomic E-state index is 11.9. The Labute approximate surface area is 137 Å². The molecule has 0 aliphatic rings. The molecule has 0 N–H and O–H groups in total. The zero-order valence-electron chi connectivity index (χ0n) is 12.4. The first-order valence-corrected chi connectivity index (χ1v) is 7.81. The van der Waals surface area contributed by atoms with E-state index in [-0.39, 0.29) is 12.3 Å². The summed E-state index contributed by atoms with van der Waals surface area (Å²) in [4.78, 5) is 20.3. The maximum absolute atomic E-state index is 11.9. The van der Waals surface area contributed by atoms with E-state index < -0.39 is 5.97 Å². The lowest BCUT2D eigenvalue weighted by molar-refractivity contribution is 0.0461. The van der Waals surface area contributed by atoms with Crippen LogP contribution in [-0.4, -0.2) is 23.0 Å². The monoisotopic (exact) mass is 326 g/mol. The van der Waals surface area contributed by atoms with E-state index in [0.29, 0.717) is 5.69 Å². The van der Waals surface area contributed by atoms with Crippen LogP contribution in [0, 0.1) is 0 Å². The number of thiazole rings is 1. The zero-order valence-corrected chi connectivity index (χ0v) is 13.2. The topological polar surface area (TPSA) is 61.3 Å². The van der Waals surface area contributed by atoms with Crippen molar-refractivity contribution in [3.05, 3.63) is 65.4 Å². The Hall–Kier alpha value is -2.73. The SMILES string of the molecule is COc1cccc(-c2nc(COC(=O)c3ccccn3)cs2)c1. The molecule has 0 bridgehead atoms. The van der Waals surface area contributed by atoms with Crippen LogP contribution in [0.15, 0.2) is 54.0 Å². The molecule has 0 saturated carbocycles. The highest BCUT2D eigenvalue weighted by atomic mass is 32.1. The molecule has 3 aromatic rings. The highest BCUT2D eigenvalue weighted by Crippen LogP contribution is 2.27. The quantitative estimate of drug-likeness (QED) is 0.671.